The average molecular weight is 256 g/mol. The molecule has 1 aromatic rings. The molecule has 0 spiro atoms. The summed E-state index contributed by atoms with van der Waals surface area (Å²) in [6.07, 6.45) is 4.08. The summed E-state index contributed by atoms with van der Waals surface area (Å²) in [4.78, 5) is 0. The summed E-state index contributed by atoms with van der Waals surface area (Å²) >= 11 is 0. The molecule has 18 heavy (non-hydrogen) atoms. The molecule has 1 aromatic carbocycles. The van der Waals surface area contributed by atoms with E-state index in [-0.39, 0.29) is 11.7 Å². The van der Waals surface area contributed by atoms with E-state index in [0.717, 1.165) is 31.7 Å². The monoisotopic (exact) mass is 256 g/mol. The summed E-state index contributed by atoms with van der Waals surface area (Å²) in [5, 5.41) is 6.47. The predicted molar refractivity (Wildman–Crippen MR) is 62.9 cm³/mol. The minimum Gasteiger partial charge on any atom is -0.380 e. The van der Waals surface area contributed by atoms with Crippen LogP contribution in [0.15, 0.2) is 12.1 Å². The highest BCUT2D eigenvalue weighted by Gasteiger charge is 2.33. The van der Waals surface area contributed by atoms with Gasteiger partial charge in [0.05, 0.1) is 5.69 Å². The van der Waals surface area contributed by atoms with E-state index in [2.05, 4.69) is 10.6 Å². The van der Waals surface area contributed by atoms with Gasteiger partial charge in [-0.1, -0.05) is 0 Å². The topological polar surface area (TPSA) is 24.1 Å². The summed E-state index contributed by atoms with van der Waals surface area (Å²) < 4.78 is 39.4. The fourth-order valence-electron chi connectivity index (χ4n) is 3.03. The van der Waals surface area contributed by atoms with Gasteiger partial charge in [-0.2, -0.15) is 0 Å². The van der Waals surface area contributed by atoms with E-state index in [1.54, 1.807) is 0 Å². The molecule has 0 saturated carbocycles. The fraction of sp³-hybridized carbons (Fsp3) is 0.538. The van der Waals surface area contributed by atoms with Crippen LogP contribution in [0.2, 0.25) is 0 Å². The Kier molecular flexibility index (Phi) is 2.93. The maximum Gasteiger partial charge on any atom is 0.161 e. The van der Waals surface area contributed by atoms with Gasteiger partial charge in [-0.25, -0.2) is 13.2 Å². The lowest BCUT2D eigenvalue weighted by atomic mass is 9.99. The Balaban J connectivity index is 1.74. The van der Waals surface area contributed by atoms with Gasteiger partial charge in [-0.05, 0) is 25.7 Å². The molecule has 5 heteroatoms. The van der Waals surface area contributed by atoms with Gasteiger partial charge in [-0.3, -0.25) is 0 Å². The lowest BCUT2D eigenvalue weighted by Gasteiger charge is -2.30. The molecule has 0 aromatic heterocycles. The van der Waals surface area contributed by atoms with Gasteiger partial charge in [0.2, 0.25) is 0 Å². The Hall–Kier alpha value is -1.23. The summed E-state index contributed by atoms with van der Waals surface area (Å²) in [5.74, 6) is -2.90. The maximum absolute atomic E-state index is 13.5. The summed E-state index contributed by atoms with van der Waals surface area (Å²) in [6, 6.07) is 2.55. The Morgan fingerprint density at radius 3 is 2.22 bits per heavy atom. The predicted octanol–water partition coefficient (Wildman–Crippen LogP) is 2.80. The number of piperidine rings is 1. The number of fused-ring (bicyclic) bond motifs is 2. The number of halogens is 3. The van der Waals surface area contributed by atoms with Crippen LogP contribution in [0, 0.1) is 17.5 Å². The summed E-state index contributed by atoms with van der Waals surface area (Å²) in [6.45, 7) is 0. The Morgan fingerprint density at radius 1 is 0.944 bits per heavy atom. The van der Waals surface area contributed by atoms with Crippen LogP contribution in [-0.4, -0.2) is 18.1 Å². The van der Waals surface area contributed by atoms with E-state index in [0.29, 0.717) is 18.2 Å². The van der Waals surface area contributed by atoms with Crippen LogP contribution in [0.3, 0.4) is 0 Å². The highest BCUT2D eigenvalue weighted by atomic mass is 19.2. The number of rotatable bonds is 2. The number of hydrogen-bond donors (Lipinski definition) is 2. The standard InChI is InChI=1S/C13H15F3N2/c14-10-5-12(16)13(6-11(10)15)18-9-3-7-1-2-8(4-9)17-7/h5-9,17-18H,1-4H2. The highest BCUT2D eigenvalue weighted by Crippen LogP contribution is 2.29. The van der Waals surface area contributed by atoms with Crippen LogP contribution in [0.5, 0.6) is 0 Å². The molecule has 2 N–H and O–H groups in total. The van der Waals surface area contributed by atoms with Gasteiger partial charge < -0.3 is 10.6 Å². The molecule has 3 rings (SSSR count). The Morgan fingerprint density at radius 2 is 1.56 bits per heavy atom. The van der Waals surface area contributed by atoms with Crippen LogP contribution in [-0.2, 0) is 0 Å². The molecule has 2 aliphatic rings. The number of benzene rings is 1. The smallest absolute Gasteiger partial charge is 0.161 e. The van der Waals surface area contributed by atoms with E-state index in [9.17, 15) is 13.2 Å². The Labute approximate surface area is 104 Å². The molecular weight excluding hydrogens is 241 g/mol. The minimum absolute atomic E-state index is 0.0557. The highest BCUT2D eigenvalue weighted by molar-refractivity contribution is 5.46. The van der Waals surface area contributed by atoms with Crippen molar-refractivity contribution in [2.75, 3.05) is 5.32 Å². The zero-order chi connectivity index (χ0) is 12.7. The number of anilines is 1. The molecule has 2 saturated heterocycles. The van der Waals surface area contributed by atoms with Crippen molar-refractivity contribution in [3.05, 3.63) is 29.6 Å². The van der Waals surface area contributed by atoms with E-state index in [1.165, 1.54) is 0 Å². The molecule has 2 atom stereocenters. The van der Waals surface area contributed by atoms with Crippen molar-refractivity contribution in [1.29, 1.82) is 0 Å². The summed E-state index contributed by atoms with van der Waals surface area (Å²) in [7, 11) is 0. The van der Waals surface area contributed by atoms with Crippen LogP contribution < -0.4 is 10.6 Å². The number of hydrogen-bond acceptors (Lipinski definition) is 2. The first kappa shape index (κ1) is 11.8. The lowest BCUT2D eigenvalue weighted by Crippen LogP contribution is -2.43. The van der Waals surface area contributed by atoms with Crippen molar-refractivity contribution in [2.24, 2.45) is 0 Å². The van der Waals surface area contributed by atoms with Crippen molar-refractivity contribution in [3.63, 3.8) is 0 Å². The average Bonchev–Trinajstić information content (AvgIpc) is 2.66. The molecule has 2 fully saturated rings. The van der Waals surface area contributed by atoms with Gasteiger partial charge in [0.1, 0.15) is 5.82 Å². The SMILES string of the molecule is Fc1cc(F)c(NC2CC3CCC(C2)N3)cc1F. The van der Waals surface area contributed by atoms with Gasteiger partial charge >= 0.3 is 0 Å². The van der Waals surface area contributed by atoms with Gasteiger partial charge in [0.15, 0.2) is 11.6 Å². The normalized spacial score (nSPS) is 30.5. The molecule has 0 radical (unpaired) electrons. The van der Waals surface area contributed by atoms with Gasteiger partial charge in [0, 0.05) is 30.3 Å². The lowest BCUT2D eigenvalue weighted by molar-refractivity contribution is 0.377. The first-order chi connectivity index (χ1) is 8.61. The molecule has 2 heterocycles. The quantitative estimate of drug-likeness (QED) is 0.795. The van der Waals surface area contributed by atoms with E-state index in [1.807, 2.05) is 0 Å². The Bertz CT molecular complexity index is 452. The molecular formula is C13H15F3N2. The van der Waals surface area contributed by atoms with Crippen molar-refractivity contribution < 1.29 is 13.2 Å². The van der Waals surface area contributed by atoms with E-state index in [4.69, 9.17) is 0 Å². The molecule has 98 valence electrons. The molecule has 2 unspecified atom stereocenters. The van der Waals surface area contributed by atoms with Crippen molar-refractivity contribution >= 4 is 5.69 Å². The first-order valence-corrected chi connectivity index (χ1v) is 6.29. The van der Waals surface area contributed by atoms with Crippen LogP contribution in [0.25, 0.3) is 0 Å². The molecule has 2 aliphatic heterocycles. The van der Waals surface area contributed by atoms with Crippen molar-refractivity contribution in [2.45, 2.75) is 43.8 Å². The second-order valence-corrected chi connectivity index (χ2v) is 5.20. The third kappa shape index (κ3) is 2.19. The van der Waals surface area contributed by atoms with E-state index >= 15 is 0 Å². The molecule has 0 amide bonds. The van der Waals surface area contributed by atoms with Crippen molar-refractivity contribution in [3.8, 4) is 0 Å². The van der Waals surface area contributed by atoms with Crippen molar-refractivity contribution in [1.82, 2.24) is 5.32 Å². The third-order valence-corrected chi connectivity index (χ3v) is 3.84. The molecule has 2 bridgehead atoms. The second-order valence-electron chi connectivity index (χ2n) is 5.20. The van der Waals surface area contributed by atoms with Crippen LogP contribution in [0.4, 0.5) is 18.9 Å². The van der Waals surface area contributed by atoms with Crippen LogP contribution >= 0.6 is 0 Å². The summed E-state index contributed by atoms with van der Waals surface area (Å²) in [5.41, 5.74) is 0.0557. The first-order valence-electron chi connectivity index (χ1n) is 6.29. The molecule has 2 nitrogen and oxygen atoms in total. The fourth-order valence-corrected chi connectivity index (χ4v) is 3.03. The zero-order valence-corrected chi connectivity index (χ0v) is 9.85. The van der Waals surface area contributed by atoms with Crippen LogP contribution in [0.1, 0.15) is 25.7 Å². The minimum atomic E-state index is -1.15. The van der Waals surface area contributed by atoms with Gasteiger partial charge in [-0.15, -0.1) is 0 Å². The van der Waals surface area contributed by atoms with Gasteiger partial charge in [0.25, 0.3) is 0 Å². The third-order valence-electron chi connectivity index (χ3n) is 3.84. The molecule has 0 aliphatic carbocycles. The maximum atomic E-state index is 13.5. The second kappa shape index (κ2) is 4.46. The number of nitrogens with one attached hydrogen (secondary N) is 2. The zero-order valence-electron chi connectivity index (χ0n) is 9.85. The van der Waals surface area contributed by atoms with E-state index < -0.39 is 17.5 Å². The largest absolute Gasteiger partial charge is 0.380 e.